The van der Waals surface area contributed by atoms with Crippen LogP contribution in [0.2, 0.25) is 0 Å². The summed E-state index contributed by atoms with van der Waals surface area (Å²) in [5, 5.41) is 8.20. The summed E-state index contributed by atoms with van der Waals surface area (Å²) in [4.78, 5) is 12.7. The molecule has 0 aliphatic carbocycles. The van der Waals surface area contributed by atoms with Crippen LogP contribution in [-0.4, -0.2) is 38.3 Å². The molecule has 0 saturated carbocycles. The van der Waals surface area contributed by atoms with Crippen molar-refractivity contribution in [3.8, 4) is 0 Å². The monoisotopic (exact) mass is 240 g/mol. The van der Waals surface area contributed by atoms with Crippen molar-refractivity contribution in [2.24, 2.45) is 0 Å². The third kappa shape index (κ3) is 3.59. The molecule has 5 heteroatoms. The Morgan fingerprint density at radius 2 is 2.62 bits per heavy atom. The van der Waals surface area contributed by atoms with Crippen LogP contribution in [0, 0.1) is 0 Å². The van der Waals surface area contributed by atoms with E-state index in [4.69, 9.17) is 4.74 Å². The third-order valence-electron chi connectivity index (χ3n) is 2.46. The van der Waals surface area contributed by atoms with Crippen LogP contribution in [0.15, 0.2) is 17.5 Å². The molecule has 0 aromatic carbocycles. The van der Waals surface area contributed by atoms with E-state index in [1.807, 2.05) is 17.5 Å². The molecule has 1 unspecified atom stereocenters. The highest BCUT2D eigenvalue weighted by Gasteiger charge is 2.13. The first kappa shape index (κ1) is 11.6. The Morgan fingerprint density at radius 3 is 3.31 bits per heavy atom. The highest BCUT2D eigenvalue weighted by Crippen LogP contribution is 2.08. The van der Waals surface area contributed by atoms with Gasteiger partial charge in [-0.05, 0) is 11.4 Å². The van der Waals surface area contributed by atoms with Crippen LogP contribution < -0.4 is 10.6 Å². The van der Waals surface area contributed by atoms with Gasteiger partial charge in [0.1, 0.15) is 0 Å². The quantitative estimate of drug-likeness (QED) is 0.801. The van der Waals surface area contributed by atoms with Gasteiger partial charge in [0.15, 0.2) is 0 Å². The first-order chi connectivity index (χ1) is 7.84. The first-order valence-electron chi connectivity index (χ1n) is 5.45. The van der Waals surface area contributed by atoms with E-state index in [1.54, 1.807) is 11.3 Å². The van der Waals surface area contributed by atoms with E-state index in [2.05, 4.69) is 10.6 Å². The second-order valence-electron chi connectivity index (χ2n) is 3.79. The molecular weight excluding hydrogens is 224 g/mol. The van der Waals surface area contributed by atoms with Gasteiger partial charge in [-0.3, -0.25) is 4.79 Å². The summed E-state index contributed by atoms with van der Waals surface area (Å²) in [5.74, 6) is 0.0785. The maximum Gasteiger partial charge on any atom is 0.225 e. The second kappa shape index (κ2) is 5.98. The first-order valence-corrected chi connectivity index (χ1v) is 6.33. The highest BCUT2D eigenvalue weighted by atomic mass is 32.1. The lowest BCUT2D eigenvalue weighted by Crippen LogP contribution is -2.48. The Morgan fingerprint density at radius 1 is 1.69 bits per heavy atom. The molecule has 1 aliphatic heterocycles. The van der Waals surface area contributed by atoms with Crippen LogP contribution in [-0.2, 0) is 16.0 Å². The van der Waals surface area contributed by atoms with Gasteiger partial charge >= 0.3 is 0 Å². The van der Waals surface area contributed by atoms with Crippen LogP contribution in [0.1, 0.15) is 4.88 Å². The largest absolute Gasteiger partial charge is 0.378 e. The molecule has 16 heavy (non-hydrogen) atoms. The summed E-state index contributed by atoms with van der Waals surface area (Å²) < 4.78 is 5.31. The molecular formula is C11H16N2O2S. The number of hydrogen-bond donors (Lipinski definition) is 2. The van der Waals surface area contributed by atoms with Gasteiger partial charge in [0.25, 0.3) is 0 Å². The van der Waals surface area contributed by atoms with Gasteiger partial charge in [-0.1, -0.05) is 6.07 Å². The maximum atomic E-state index is 11.6. The molecule has 1 aromatic rings. The molecule has 4 nitrogen and oxygen atoms in total. The zero-order valence-electron chi connectivity index (χ0n) is 9.07. The van der Waals surface area contributed by atoms with E-state index < -0.39 is 0 Å². The van der Waals surface area contributed by atoms with E-state index in [0.717, 1.165) is 18.0 Å². The molecule has 1 aliphatic rings. The average Bonchev–Trinajstić information content (AvgIpc) is 2.81. The van der Waals surface area contributed by atoms with E-state index >= 15 is 0 Å². The number of carbonyl (C=O) groups excluding carboxylic acids is 1. The van der Waals surface area contributed by atoms with Gasteiger partial charge in [-0.25, -0.2) is 0 Å². The molecule has 1 amide bonds. The highest BCUT2D eigenvalue weighted by molar-refractivity contribution is 7.10. The van der Waals surface area contributed by atoms with Gasteiger partial charge in [-0.15, -0.1) is 11.3 Å². The Balaban J connectivity index is 1.67. The smallest absolute Gasteiger partial charge is 0.225 e. The molecule has 0 bridgehead atoms. The lowest BCUT2D eigenvalue weighted by atomic mass is 10.2. The van der Waals surface area contributed by atoms with Crippen molar-refractivity contribution in [1.29, 1.82) is 0 Å². The van der Waals surface area contributed by atoms with Crippen molar-refractivity contribution in [2.75, 3.05) is 26.3 Å². The molecule has 2 N–H and O–H groups in total. The molecule has 88 valence electrons. The van der Waals surface area contributed by atoms with Gasteiger partial charge in [0.2, 0.25) is 5.91 Å². The Bertz CT molecular complexity index is 321. The van der Waals surface area contributed by atoms with Crippen molar-refractivity contribution in [2.45, 2.75) is 12.5 Å². The van der Waals surface area contributed by atoms with Gasteiger partial charge in [-0.2, -0.15) is 0 Å². The van der Waals surface area contributed by atoms with Crippen LogP contribution >= 0.6 is 11.3 Å². The number of amides is 1. The zero-order chi connectivity index (χ0) is 11.2. The summed E-state index contributed by atoms with van der Waals surface area (Å²) in [6.07, 6.45) is 0.477. The summed E-state index contributed by atoms with van der Waals surface area (Å²) in [5.41, 5.74) is 0. The standard InChI is InChI=1S/C11H16N2O2S/c14-11(6-10-2-1-5-16-10)13-7-9-8-15-4-3-12-9/h1-2,5,9,12H,3-4,6-8H2,(H,13,14). The van der Waals surface area contributed by atoms with Crippen molar-refractivity contribution < 1.29 is 9.53 Å². The van der Waals surface area contributed by atoms with Crippen molar-refractivity contribution in [1.82, 2.24) is 10.6 Å². The molecule has 1 aromatic heterocycles. The average molecular weight is 240 g/mol. The molecule has 1 fully saturated rings. The topological polar surface area (TPSA) is 50.4 Å². The molecule has 2 rings (SSSR count). The molecule has 2 heterocycles. The van der Waals surface area contributed by atoms with Gasteiger partial charge in [0, 0.05) is 24.0 Å². The Hall–Kier alpha value is -0.910. The van der Waals surface area contributed by atoms with Gasteiger partial charge in [0.05, 0.1) is 19.6 Å². The zero-order valence-corrected chi connectivity index (χ0v) is 9.89. The predicted molar refractivity (Wildman–Crippen MR) is 63.6 cm³/mol. The predicted octanol–water partition coefficient (Wildman–Crippen LogP) is 0.395. The maximum absolute atomic E-state index is 11.6. The third-order valence-corrected chi connectivity index (χ3v) is 3.34. The van der Waals surface area contributed by atoms with Crippen molar-refractivity contribution >= 4 is 17.2 Å². The molecule has 1 atom stereocenters. The summed E-state index contributed by atoms with van der Waals surface area (Å²) in [6.45, 7) is 2.95. The molecule has 0 radical (unpaired) electrons. The number of hydrogen-bond acceptors (Lipinski definition) is 4. The fraction of sp³-hybridized carbons (Fsp3) is 0.545. The van der Waals surface area contributed by atoms with Gasteiger partial charge < -0.3 is 15.4 Å². The number of rotatable bonds is 4. The van der Waals surface area contributed by atoms with E-state index in [1.165, 1.54) is 0 Å². The van der Waals surface area contributed by atoms with E-state index in [9.17, 15) is 4.79 Å². The van der Waals surface area contributed by atoms with E-state index in [0.29, 0.717) is 19.6 Å². The number of nitrogens with one attached hydrogen (secondary N) is 2. The van der Waals surface area contributed by atoms with Crippen LogP contribution in [0.5, 0.6) is 0 Å². The number of thiophene rings is 1. The Labute approximate surface area is 99.0 Å². The molecule has 0 spiro atoms. The minimum absolute atomic E-state index is 0.0785. The Kier molecular flexibility index (Phi) is 4.33. The van der Waals surface area contributed by atoms with Crippen molar-refractivity contribution in [3.63, 3.8) is 0 Å². The van der Waals surface area contributed by atoms with Crippen LogP contribution in [0.4, 0.5) is 0 Å². The minimum Gasteiger partial charge on any atom is -0.378 e. The molecule has 1 saturated heterocycles. The summed E-state index contributed by atoms with van der Waals surface area (Å²) >= 11 is 1.61. The summed E-state index contributed by atoms with van der Waals surface area (Å²) in [7, 11) is 0. The number of carbonyl (C=O) groups is 1. The fourth-order valence-corrected chi connectivity index (χ4v) is 2.33. The van der Waals surface area contributed by atoms with Crippen molar-refractivity contribution in [3.05, 3.63) is 22.4 Å². The second-order valence-corrected chi connectivity index (χ2v) is 4.82. The summed E-state index contributed by atoms with van der Waals surface area (Å²) in [6, 6.07) is 4.19. The normalized spacial score (nSPS) is 20.6. The number of morpholine rings is 1. The van der Waals surface area contributed by atoms with Crippen LogP contribution in [0.3, 0.4) is 0 Å². The lowest BCUT2D eigenvalue weighted by molar-refractivity contribution is -0.120. The number of ether oxygens (including phenoxy) is 1. The fourth-order valence-electron chi connectivity index (χ4n) is 1.62. The van der Waals surface area contributed by atoms with E-state index in [-0.39, 0.29) is 11.9 Å². The minimum atomic E-state index is 0.0785. The van der Waals surface area contributed by atoms with Crippen LogP contribution in [0.25, 0.3) is 0 Å². The SMILES string of the molecule is O=C(Cc1cccs1)NCC1COCCN1. The lowest BCUT2D eigenvalue weighted by Gasteiger charge is -2.23.